The molecule has 0 aromatic rings. The number of ether oxygens (including phenoxy) is 1. The Kier molecular flexibility index (Phi) is 48.5. The van der Waals surface area contributed by atoms with Gasteiger partial charge in [0.2, 0.25) is 5.91 Å². The molecule has 0 fully saturated rings. The first-order valence-electron chi connectivity index (χ1n) is 27.4. The molecule has 362 valence electrons. The van der Waals surface area contributed by atoms with Crippen molar-refractivity contribution in [1.29, 1.82) is 0 Å². The largest absolute Gasteiger partial charge is 0.462 e. The molecule has 0 aromatic carbocycles. The van der Waals surface area contributed by atoms with E-state index in [2.05, 4.69) is 38.2 Å². The molecule has 0 spiro atoms. The number of aliphatic hydroxyl groups is 2. The Morgan fingerprint density at radius 1 is 0.459 bits per heavy atom. The van der Waals surface area contributed by atoms with Gasteiger partial charge in [0.05, 0.1) is 25.2 Å². The van der Waals surface area contributed by atoms with E-state index in [4.69, 9.17) is 4.74 Å². The Morgan fingerprint density at radius 3 is 1.16 bits per heavy atom. The highest BCUT2D eigenvalue weighted by atomic mass is 16.5. The van der Waals surface area contributed by atoms with Crippen LogP contribution in [0.5, 0.6) is 0 Å². The van der Waals surface area contributed by atoms with Crippen LogP contribution >= 0.6 is 0 Å². The Labute approximate surface area is 380 Å². The number of unbranched alkanes of at least 4 members (excludes halogenated alkanes) is 36. The molecule has 3 atom stereocenters. The molecular formula is C55H107NO5. The van der Waals surface area contributed by atoms with Gasteiger partial charge in [-0.15, -0.1) is 0 Å². The first kappa shape index (κ1) is 59.6. The third-order valence-corrected chi connectivity index (χ3v) is 12.8. The number of nitrogens with one attached hydrogen (secondary N) is 1. The Hall–Kier alpha value is -1.40. The molecule has 61 heavy (non-hydrogen) atoms. The van der Waals surface area contributed by atoms with Crippen LogP contribution in [0, 0.1) is 0 Å². The fraction of sp³-hybridized carbons (Fsp3) is 0.927. The highest BCUT2D eigenvalue weighted by molar-refractivity contribution is 5.77. The number of hydrogen-bond acceptors (Lipinski definition) is 5. The van der Waals surface area contributed by atoms with Gasteiger partial charge in [-0.05, 0) is 51.4 Å². The fourth-order valence-corrected chi connectivity index (χ4v) is 8.66. The maximum atomic E-state index is 13.2. The number of hydrogen-bond donors (Lipinski definition) is 3. The molecule has 0 aromatic heterocycles. The summed E-state index contributed by atoms with van der Waals surface area (Å²) in [6.45, 7) is 6.50. The molecule has 0 heterocycles. The second-order valence-corrected chi connectivity index (χ2v) is 19.0. The summed E-state index contributed by atoms with van der Waals surface area (Å²) in [6.07, 6.45) is 55.6. The maximum absolute atomic E-state index is 13.2. The Balaban J connectivity index is 4.50. The van der Waals surface area contributed by atoms with Gasteiger partial charge in [-0.3, -0.25) is 9.59 Å². The van der Waals surface area contributed by atoms with Crippen molar-refractivity contribution < 1.29 is 24.5 Å². The predicted molar refractivity (Wildman–Crippen MR) is 264 cm³/mol. The van der Waals surface area contributed by atoms with Crippen molar-refractivity contribution >= 4 is 11.9 Å². The van der Waals surface area contributed by atoms with Crippen LogP contribution in [0.4, 0.5) is 0 Å². The monoisotopic (exact) mass is 862 g/mol. The van der Waals surface area contributed by atoms with Gasteiger partial charge in [-0.1, -0.05) is 251 Å². The zero-order valence-electron chi connectivity index (χ0n) is 41.3. The molecule has 0 bridgehead atoms. The average Bonchev–Trinajstić information content (AvgIpc) is 3.25. The summed E-state index contributed by atoms with van der Waals surface area (Å²) >= 11 is 0. The van der Waals surface area contributed by atoms with E-state index in [1.165, 1.54) is 205 Å². The van der Waals surface area contributed by atoms with E-state index < -0.39 is 18.2 Å². The smallest absolute Gasteiger partial charge is 0.306 e. The first-order chi connectivity index (χ1) is 30.0. The van der Waals surface area contributed by atoms with Crippen LogP contribution in [0.25, 0.3) is 0 Å². The summed E-state index contributed by atoms with van der Waals surface area (Å²) in [4.78, 5) is 26.2. The van der Waals surface area contributed by atoms with Gasteiger partial charge >= 0.3 is 5.97 Å². The van der Waals surface area contributed by atoms with Crippen LogP contribution in [0.15, 0.2) is 12.2 Å². The summed E-state index contributed by atoms with van der Waals surface area (Å²) in [5, 5.41) is 23.7. The third-order valence-electron chi connectivity index (χ3n) is 12.8. The number of aliphatic hydroxyl groups excluding tert-OH is 2. The van der Waals surface area contributed by atoms with E-state index in [9.17, 15) is 19.8 Å². The normalized spacial score (nSPS) is 13.2. The molecule has 0 aliphatic heterocycles. The molecule has 0 saturated heterocycles. The van der Waals surface area contributed by atoms with Crippen LogP contribution in [0.2, 0.25) is 0 Å². The lowest BCUT2D eigenvalue weighted by Crippen LogP contribution is -2.46. The SMILES string of the molecule is CCCCCCCCCCC/C=C/CCCCCCCC(=O)OC(CCCCCCCCCCCCCCCC)CC(=O)NC(CO)C(O)CCCCCCCCCCCC. The van der Waals surface area contributed by atoms with Crippen LogP contribution in [0.1, 0.15) is 303 Å². The number of rotatable bonds is 50. The van der Waals surface area contributed by atoms with Crippen LogP contribution in [0.3, 0.4) is 0 Å². The van der Waals surface area contributed by atoms with Crippen LogP contribution in [-0.4, -0.2) is 46.9 Å². The standard InChI is InChI=1S/C55H107NO5/c1-4-7-10-13-16-19-22-24-26-27-28-29-31-33-36-39-42-45-48-55(60)61-51(46-43-40-37-34-32-30-25-23-20-17-14-11-8-5-2)49-54(59)56-52(50-57)53(58)47-44-41-38-35-21-18-15-12-9-6-3/h28-29,51-53,57-58H,4-27,30-50H2,1-3H3,(H,56,59)/b29-28+. The van der Waals surface area contributed by atoms with E-state index in [1.54, 1.807) is 0 Å². The van der Waals surface area contributed by atoms with Crippen LogP contribution in [-0.2, 0) is 14.3 Å². The number of carbonyl (C=O) groups is 2. The molecule has 0 radical (unpaired) electrons. The van der Waals surface area contributed by atoms with Crippen molar-refractivity contribution in [3.63, 3.8) is 0 Å². The van der Waals surface area contributed by atoms with Crippen molar-refractivity contribution in [3.05, 3.63) is 12.2 Å². The van der Waals surface area contributed by atoms with Gasteiger partial charge in [-0.2, -0.15) is 0 Å². The lowest BCUT2D eigenvalue weighted by atomic mass is 10.0. The quantitative estimate of drug-likeness (QED) is 0.0322. The van der Waals surface area contributed by atoms with E-state index >= 15 is 0 Å². The summed E-state index contributed by atoms with van der Waals surface area (Å²) in [6, 6.07) is -0.696. The minimum absolute atomic E-state index is 0.0817. The summed E-state index contributed by atoms with van der Waals surface area (Å²) in [5.41, 5.74) is 0. The number of allylic oxidation sites excluding steroid dienone is 2. The van der Waals surface area contributed by atoms with E-state index in [0.29, 0.717) is 19.3 Å². The molecule has 6 nitrogen and oxygen atoms in total. The third kappa shape index (κ3) is 45.0. The van der Waals surface area contributed by atoms with Crippen LogP contribution < -0.4 is 5.32 Å². The highest BCUT2D eigenvalue weighted by Gasteiger charge is 2.24. The second kappa shape index (κ2) is 49.6. The zero-order valence-corrected chi connectivity index (χ0v) is 41.3. The Morgan fingerprint density at radius 2 is 0.787 bits per heavy atom. The average molecular weight is 862 g/mol. The van der Waals surface area contributed by atoms with Gasteiger partial charge in [-0.25, -0.2) is 0 Å². The van der Waals surface area contributed by atoms with Crippen molar-refractivity contribution in [2.24, 2.45) is 0 Å². The fourth-order valence-electron chi connectivity index (χ4n) is 8.66. The van der Waals surface area contributed by atoms with Crippen molar-refractivity contribution in [1.82, 2.24) is 5.32 Å². The Bertz CT molecular complexity index is 924. The molecule has 6 heteroatoms. The molecule has 3 N–H and O–H groups in total. The molecule has 0 rings (SSSR count). The van der Waals surface area contributed by atoms with Gasteiger partial charge in [0.25, 0.3) is 0 Å². The molecule has 3 unspecified atom stereocenters. The number of esters is 1. The van der Waals surface area contributed by atoms with E-state index in [1.807, 2.05) is 0 Å². The van der Waals surface area contributed by atoms with Crippen molar-refractivity contribution in [2.45, 2.75) is 322 Å². The minimum Gasteiger partial charge on any atom is -0.462 e. The van der Waals surface area contributed by atoms with E-state index in [0.717, 1.165) is 51.4 Å². The van der Waals surface area contributed by atoms with Gasteiger partial charge < -0.3 is 20.3 Å². The van der Waals surface area contributed by atoms with Gasteiger partial charge in [0, 0.05) is 6.42 Å². The zero-order chi connectivity index (χ0) is 44.5. The molecular weight excluding hydrogens is 755 g/mol. The summed E-state index contributed by atoms with van der Waals surface area (Å²) in [7, 11) is 0. The molecule has 0 aliphatic carbocycles. The van der Waals surface area contributed by atoms with E-state index in [-0.39, 0.29) is 24.9 Å². The highest BCUT2D eigenvalue weighted by Crippen LogP contribution is 2.19. The predicted octanol–water partition coefficient (Wildman–Crippen LogP) is 16.5. The summed E-state index contributed by atoms with van der Waals surface area (Å²) < 4.78 is 5.95. The topological polar surface area (TPSA) is 95.9 Å². The number of amides is 1. The lowest BCUT2D eigenvalue weighted by molar-refractivity contribution is -0.151. The maximum Gasteiger partial charge on any atom is 0.306 e. The molecule has 0 aliphatic rings. The summed E-state index contributed by atoms with van der Waals surface area (Å²) in [5.74, 6) is -0.464. The van der Waals surface area contributed by atoms with Gasteiger partial charge in [0.1, 0.15) is 6.10 Å². The second-order valence-electron chi connectivity index (χ2n) is 19.0. The van der Waals surface area contributed by atoms with Gasteiger partial charge in [0.15, 0.2) is 0 Å². The molecule has 0 saturated carbocycles. The van der Waals surface area contributed by atoms with Crippen molar-refractivity contribution in [3.8, 4) is 0 Å². The number of carbonyl (C=O) groups excluding carboxylic acids is 2. The molecule has 1 amide bonds. The first-order valence-corrected chi connectivity index (χ1v) is 27.4. The minimum atomic E-state index is -0.782. The van der Waals surface area contributed by atoms with Crippen molar-refractivity contribution in [2.75, 3.05) is 6.61 Å². The lowest BCUT2D eigenvalue weighted by Gasteiger charge is -2.24.